The number of aryl methyl sites for hydroxylation is 1. The van der Waals surface area contributed by atoms with Crippen molar-refractivity contribution in [3.8, 4) is 5.75 Å². The molecule has 0 atom stereocenters. The highest BCUT2D eigenvalue weighted by Gasteiger charge is 2.19. The number of nitrogen functional groups attached to an aromatic ring is 1. The van der Waals surface area contributed by atoms with Gasteiger partial charge in [-0.3, -0.25) is 4.98 Å². The molecule has 0 aliphatic carbocycles. The van der Waals surface area contributed by atoms with Crippen LogP contribution in [0.3, 0.4) is 0 Å². The first-order chi connectivity index (χ1) is 9.65. The van der Waals surface area contributed by atoms with E-state index in [1.54, 1.807) is 7.11 Å². The van der Waals surface area contributed by atoms with E-state index in [4.69, 9.17) is 10.5 Å². The number of ether oxygens (including phenoxy) is 1. The van der Waals surface area contributed by atoms with Gasteiger partial charge in [0, 0.05) is 35.7 Å². The van der Waals surface area contributed by atoms with Gasteiger partial charge in [-0.2, -0.15) is 0 Å². The minimum Gasteiger partial charge on any atom is -0.497 e. The molecule has 4 nitrogen and oxygen atoms in total. The Hall–Kier alpha value is -2.23. The molecule has 1 aromatic carbocycles. The van der Waals surface area contributed by atoms with Crippen LogP contribution in [0.4, 0.5) is 11.4 Å². The fourth-order valence-corrected chi connectivity index (χ4v) is 2.75. The maximum absolute atomic E-state index is 5.84. The number of methoxy groups -OCH3 is 1. The van der Waals surface area contributed by atoms with Crippen LogP contribution >= 0.6 is 0 Å². The molecule has 0 amide bonds. The van der Waals surface area contributed by atoms with Crippen molar-refractivity contribution in [3.63, 3.8) is 0 Å². The Labute approximate surface area is 119 Å². The summed E-state index contributed by atoms with van der Waals surface area (Å²) >= 11 is 0. The Balaban J connectivity index is 1.85. The number of fused-ring (bicyclic) bond motifs is 1. The molecule has 3 rings (SSSR count). The molecule has 0 radical (unpaired) electrons. The van der Waals surface area contributed by atoms with Gasteiger partial charge in [-0.25, -0.2) is 0 Å². The Morgan fingerprint density at radius 1 is 1.30 bits per heavy atom. The molecular formula is C16H19N3O. The van der Waals surface area contributed by atoms with E-state index in [-0.39, 0.29) is 0 Å². The zero-order valence-electron chi connectivity index (χ0n) is 11.9. The van der Waals surface area contributed by atoms with Gasteiger partial charge in [0.1, 0.15) is 5.75 Å². The molecule has 20 heavy (non-hydrogen) atoms. The number of nitrogens with zero attached hydrogens (tertiary/aromatic N) is 2. The van der Waals surface area contributed by atoms with E-state index < -0.39 is 0 Å². The molecule has 4 heteroatoms. The topological polar surface area (TPSA) is 51.4 Å². The second-order valence-corrected chi connectivity index (χ2v) is 5.20. The lowest BCUT2D eigenvalue weighted by Crippen LogP contribution is -2.20. The summed E-state index contributed by atoms with van der Waals surface area (Å²) in [6.07, 6.45) is 1.04. The van der Waals surface area contributed by atoms with Gasteiger partial charge in [-0.05, 0) is 37.1 Å². The van der Waals surface area contributed by atoms with Crippen molar-refractivity contribution in [2.45, 2.75) is 19.9 Å². The molecule has 0 saturated carbocycles. The fraction of sp³-hybridized carbons (Fsp3) is 0.312. The Bertz CT molecular complexity index is 640. The molecule has 0 bridgehead atoms. The average Bonchev–Trinajstić information content (AvgIpc) is 2.80. The van der Waals surface area contributed by atoms with E-state index >= 15 is 0 Å². The van der Waals surface area contributed by atoms with Crippen molar-refractivity contribution in [3.05, 3.63) is 47.3 Å². The third-order valence-electron chi connectivity index (χ3n) is 3.66. The number of hydrogen-bond acceptors (Lipinski definition) is 4. The van der Waals surface area contributed by atoms with Crippen molar-refractivity contribution in [1.82, 2.24) is 4.98 Å². The summed E-state index contributed by atoms with van der Waals surface area (Å²) in [5, 5.41) is 0. The highest BCUT2D eigenvalue weighted by molar-refractivity contribution is 5.63. The second kappa shape index (κ2) is 5.04. The maximum atomic E-state index is 5.84. The first-order valence-electron chi connectivity index (χ1n) is 6.80. The van der Waals surface area contributed by atoms with Crippen LogP contribution < -0.4 is 15.4 Å². The third kappa shape index (κ3) is 2.41. The molecule has 0 saturated heterocycles. The molecule has 2 aromatic rings. The monoisotopic (exact) mass is 269 g/mol. The highest BCUT2D eigenvalue weighted by atomic mass is 16.5. The molecule has 1 aliphatic heterocycles. The molecule has 0 spiro atoms. The van der Waals surface area contributed by atoms with Crippen molar-refractivity contribution >= 4 is 11.4 Å². The quantitative estimate of drug-likeness (QED) is 0.870. The summed E-state index contributed by atoms with van der Waals surface area (Å²) in [4.78, 5) is 6.93. The Morgan fingerprint density at radius 3 is 2.95 bits per heavy atom. The standard InChI is InChI=1S/C16H19N3O/c1-11-7-15(20-2)9-14(18-11)10-19-6-5-12-8-13(17)3-4-16(12)19/h3-4,7-9H,5-6,10,17H2,1-2H3. The average molecular weight is 269 g/mol. The number of pyridine rings is 1. The molecule has 1 aliphatic rings. The summed E-state index contributed by atoms with van der Waals surface area (Å²) < 4.78 is 5.31. The molecule has 0 unspecified atom stereocenters. The maximum Gasteiger partial charge on any atom is 0.122 e. The lowest BCUT2D eigenvalue weighted by atomic mass is 10.1. The molecule has 1 aromatic heterocycles. The lowest BCUT2D eigenvalue weighted by molar-refractivity contribution is 0.413. The van der Waals surface area contributed by atoms with Crippen molar-refractivity contribution in [2.24, 2.45) is 0 Å². The number of hydrogen-bond donors (Lipinski definition) is 1. The van der Waals surface area contributed by atoms with Crippen molar-refractivity contribution < 1.29 is 4.74 Å². The molecule has 2 N–H and O–H groups in total. The van der Waals surface area contributed by atoms with Crippen LogP contribution in [0, 0.1) is 6.92 Å². The molecule has 0 fully saturated rings. The minimum atomic E-state index is 0.801. The SMILES string of the molecule is COc1cc(C)nc(CN2CCc3cc(N)ccc32)c1. The number of rotatable bonds is 3. The zero-order chi connectivity index (χ0) is 14.1. The van der Waals surface area contributed by atoms with E-state index in [2.05, 4.69) is 22.0 Å². The van der Waals surface area contributed by atoms with Crippen LogP contribution in [0.1, 0.15) is 17.0 Å². The van der Waals surface area contributed by atoms with Gasteiger partial charge in [0.2, 0.25) is 0 Å². The Morgan fingerprint density at radius 2 is 2.15 bits per heavy atom. The van der Waals surface area contributed by atoms with Crippen molar-refractivity contribution in [1.29, 1.82) is 0 Å². The summed E-state index contributed by atoms with van der Waals surface area (Å²) in [5.74, 6) is 0.865. The van der Waals surface area contributed by atoms with E-state index in [1.807, 2.05) is 25.1 Å². The van der Waals surface area contributed by atoms with Gasteiger partial charge in [-0.15, -0.1) is 0 Å². The summed E-state index contributed by atoms with van der Waals surface area (Å²) in [6, 6.07) is 10.1. The fourth-order valence-electron chi connectivity index (χ4n) is 2.75. The van der Waals surface area contributed by atoms with E-state index in [9.17, 15) is 0 Å². The van der Waals surface area contributed by atoms with Gasteiger partial charge in [-0.1, -0.05) is 0 Å². The zero-order valence-corrected chi connectivity index (χ0v) is 11.9. The normalized spacial score (nSPS) is 13.4. The largest absolute Gasteiger partial charge is 0.497 e. The number of benzene rings is 1. The smallest absolute Gasteiger partial charge is 0.122 e. The lowest BCUT2D eigenvalue weighted by Gasteiger charge is -2.19. The van der Waals surface area contributed by atoms with Gasteiger partial charge in [0.25, 0.3) is 0 Å². The second-order valence-electron chi connectivity index (χ2n) is 5.20. The van der Waals surface area contributed by atoms with E-state index in [1.165, 1.54) is 11.3 Å². The molecule has 104 valence electrons. The highest BCUT2D eigenvalue weighted by Crippen LogP contribution is 2.31. The van der Waals surface area contributed by atoms with Crippen LogP contribution in [0.5, 0.6) is 5.75 Å². The summed E-state index contributed by atoms with van der Waals surface area (Å²) in [5.41, 5.74) is 11.3. The van der Waals surface area contributed by atoms with Crippen LogP contribution in [-0.2, 0) is 13.0 Å². The van der Waals surface area contributed by atoms with Crippen molar-refractivity contribution in [2.75, 3.05) is 24.3 Å². The van der Waals surface area contributed by atoms with E-state index in [0.717, 1.165) is 42.3 Å². The van der Waals surface area contributed by atoms with Gasteiger partial charge >= 0.3 is 0 Å². The van der Waals surface area contributed by atoms with Crippen LogP contribution in [0.25, 0.3) is 0 Å². The predicted octanol–water partition coefficient (Wildman–Crippen LogP) is 2.54. The Kier molecular flexibility index (Phi) is 3.22. The van der Waals surface area contributed by atoms with Crippen LogP contribution in [-0.4, -0.2) is 18.6 Å². The van der Waals surface area contributed by atoms with Gasteiger partial charge < -0.3 is 15.4 Å². The molecular weight excluding hydrogens is 250 g/mol. The number of nitrogens with two attached hydrogens (primary N) is 1. The first-order valence-corrected chi connectivity index (χ1v) is 6.80. The minimum absolute atomic E-state index is 0.801. The third-order valence-corrected chi connectivity index (χ3v) is 3.66. The molecule has 2 heterocycles. The van der Waals surface area contributed by atoms with Crippen LogP contribution in [0.15, 0.2) is 30.3 Å². The summed E-state index contributed by atoms with van der Waals surface area (Å²) in [6.45, 7) is 3.80. The number of aromatic nitrogens is 1. The van der Waals surface area contributed by atoms with E-state index in [0.29, 0.717) is 0 Å². The van der Waals surface area contributed by atoms with Gasteiger partial charge in [0.05, 0.1) is 19.3 Å². The van der Waals surface area contributed by atoms with Crippen LogP contribution in [0.2, 0.25) is 0 Å². The predicted molar refractivity (Wildman–Crippen MR) is 81.1 cm³/mol. The number of anilines is 2. The van der Waals surface area contributed by atoms with Gasteiger partial charge in [0.15, 0.2) is 0 Å². The summed E-state index contributed by atoms with van der Waals surface area (Å²) in [7, 11) is 1.69. The first kappa shape index (κ1) is 12.8.